The number of aliphatic carboxylic acids is 1. The van der Waals surface area contributed by atoms with Gasteiger partial charge < -0.3 is 15.2 Å². The summed E-state index contributed by atoms with van der Waals surface area (Å²) < 4.78 is 27.5. The molecule has 0 saturated heterocycles. The van der Waals surface area contributed by atoms with E-state index in [4.69, 9.17) is 5.11 Å². The number of carbonyl (C=O) groups is 3. The second-order valence-corrected chi connectivity index (χ2v) is 7.43. The first-order chi connectivity index (χ1) is 11.2. The lowest BCUT2D eigenvalue weighted by molar-refractivity contribution is -0.139. The maximum atomic E-state index is 12.1. The van der Waals surface area contributed by atoms with E-state index in [0.717, 1.165) is 0 Å². The van der Waals surface area contributed by atoms with Gasteiger partial charge in [0.15, 0.2) is 0 Å². The Labute approximate surface area is 139 Å². The predicted molar refractivity (Wildman–Crippen MR) is 85.6 cm³/mol. The van der Waals surface area contributed by atoms with Gasteiger partial charge in [0, 0.05) is 11.3 Å². The molecular formula is C15H19NO7S. The number of hydrogen-bond donors (Lipinski definition) is 2. The summed E-state index contributed by atoms with van der Waals surface area (Å²) >= 11 is 0. The van der Waals surface area contributed by atoms with Crippen LogP contribution in [0.1, 0.15) is 34.1 Å². The average molecular weight is 357 g/mol. The van der Waals surface area contributed by atoms with Crippen LogP contribution in [0.4, 0.5) is 0 Å². The largest absolute Gasteiger partial charge is 0.480 e. The zero-order chi connectivity index (χ0) is 18.3. The van der Waals surface area contributed by atoms with Crippen LogP contribution < -0.4 is 5.32 Å². The van der Waals surface area contributed by atoms with Crippen LogP contribution in [0.25, 0.3) is 0 Å². The summed E-state index contributed by atoms with van der Waals surface area (Å²) in [5, 5.41) is 11.4. The van der Waals surface area contributed by atoms with E-state index >= 15 is 0 Å². The molecular weight excluding hydrogens is 338 g/mol. The summed E-state index contributed by atoms with van der Waals surface area (Å²) in [6, 6.07) is 4.23. The molecule has 0 aliphatic carbocycles. The smallest absolute Gasteiger partial charge is 0.337 e. The fourth-order valence-electron chi connectivity index (χ4n) is 1.85. The number of methoxy groups -OCH3 is 1. The highest BCUT2D eigenvalue weighted by Gasteiger charge is 2.23. The Morgan fingerprint density at radius 2 is 1.88 bits per heavy atom. The number of amides is 1. The fourth-order valence-corrected chi connectivity index (χ4v) is 2.73. The van der Waals surface area contributed by atoms with Crippen molar-refractivity contribution in [2.45, 2.75) is 19.4 Å². The number of ether oxygens (including phenoxy) is 1. The SMILES string of the molecule is CCS(=O)(=O)CCC(NC(=O)c1cccc(C(=O)OC)c1)C(=O)O. The van der Waals surface area contributed by atoms with Crippen molar-refractivity contribution in [1.82, 2.24) is 5.32 Å². The first-order valence-corrected chi connectivity index (χ1v) is 8.94. The zero-order valence-corrected chi connectivity index (χ0v) is 14.1. The van der Waals surface area contributed by atoms with Gasteiger partial charge in [0.1, 0.15) is 15.9 Å². The number of carbonyl (C=O) groups excluding carboxylic acids is 2. The Morgan fingerprint density at radius 3 is 2.42 bits per heavy atom. The Balaban J connectivity index is 2.86. The van der Waals surface area contributed by atoms with Crippen LogP contribution in [0, 0.1) is 0 Å². The minimum atomic E-state index is -3.35. The number of sulfone groups is 1. The predicted octanol–water partition coefficient (Wildman–Crippen LogP) is 0.481. The summed E-state index contributed by atoms with van der Waals surface area (Å²) in [6.07, 6.45) is -0.242. The van der Waals surface area contributed by atoms with Gasteiger partial charge in [-0.05, 0) is 24.6 Å². The number of nitrogens with one attached hydrogen (secondary N) is 1. The highest BCUT2D eigenvalue weighted by Crippen LogP contribution is 2.08. The third kappa shape index (κ3) is 5.65. The molecule has 1 aromatic rings. The topological polar surface area (TPSA) is 127 Å². The van der Waals surface area contributed by atoms with Crippen molar-refractivity contribution in [3.8, 4) is 0 Å². The Kier molecular flexibility index (Phi) is 6.90. The van der Waals surface area contributed by atoms with Crippen molar-refractivity contribution in [1.29, 1.82) is 0 Å². The molecule has 1 atom stereocenters. The maximum Gasteiger partial charge on any atom is 0.337 e. The van der Waals surface area contributed by atoms with E-state index in [1.807, 2.05) is 0 Å². The van der Waals surface area contributed by atoms with Gasteiger partial charge >= 0.3 is 11.9 Å². The lowest BCUT2D eigenvalue weighted by Crippen LogP contribution is -2.42. The van der Waals surface area contributed by atoms with Gasteiger partial charge in [-0.1, -0.05) is 13.0 Å². The van der Waals surface area contributed by atoms with Crippen LogP contribution >= 0.6 is 0 Å². The number of esters is 1. The quantitative estimate of drug-likeness (QED) is 0.648. The molecule has 0 heterocycles. The third-order valence-corrected chi connectivity index (χ3v) is 5.04. The summed E-state index contributed by atoms with van der Waals surface area (Å²) in [4.78, 5) is 34.8. The van der Waals surface area contributed by atoms with Gasteiger partial charge in [0.25, 0.3) is 5.91 Å². The molecule has 1 amide bonds. The van der Waals surface area contributed by atoms with E-state index < -0.39 is 33.7 Å². The van der Waals surface area contributed by atoms with E-state index in [2.05, 4.69) is 10.1 Å². The van der Waals surface area contributed by atoms with Crippen molar-refractivity contribution >= 4 is 27.7 Å². The van der Waals surface area contributed by atoms with Gasteiger partial charge in [-0.3, -0.25) is 4.79 Å². The van der Waals surface area contributed by atoms with Crippen LogP contribution in [-0.2, 0) is 19.4 Å². The first kappa shape index (κ1) is 19.6. The minimum absolute atomic E-state index is 0.0718. The van der Waals surface area contributed by atoms with E-state index in [-0.39, 0.29) is 29.1 Å². The number of carboxylic acids is 1. The van der Waals surface area contributed by atoms with Crippen molar-refractivity contribution in [3.63, 3.8) is 0 Å². The zero-order valence-electron chi connectivity index (χ0n) is 13.3. The molecule has 0 aliphatic rings. The molecule has 8 nitrogen and oxygen atoms in total. The lowest BCUT2D eigenvalue weighted by atomic mass is 10.1. The van der Waals surface area contributed by atoms with E-state index in [0.29, 0.717) is 0 Å². The molecule has 132 valence electrons. The van der Waals surface area contributed by atoms with E-state index in [9.17, 15) is 22.8 Å². The Hall–Kier alpha value is -2.42. The van der Waals surface area contributed by atoms with Crippen molar-refractivity contribution in [2.24, 2.45) is 0 Å². The molecule has 9 heteroatoms. The highest BCUT2D eigenvalue weighted by atomic mass is 32.2. The molecule has 1 unspecified atom stereocenters. The number of benzene rings is 1. The highest BCUT2D eigenvalue weighted by molar-refractivity contribution is 7.91. The third-order valence-electron chi connectivity index (χ3n) is 3.31. The van der Waals surface area contributed by atoms with Gasteiger partial charge in [0.05, 0.1) is 18.4 Å². The van der Waals surface area contributed by atoms with Gasteiger partial charge in [-0.2, -0.15) is 0 Å². The summed E-state index contributed by atoms with van der Waals surface area (Å²) in [5.41, 5.74) is 0.216. The fraction of sp³-hybridized carbons (Fsp3) is 0.400. The maximum absolute atomic E-state index is 12.1. The lowest BCUT2D eigenvalue weighted by Gasteiger charge is -2.14. The number of carboxylic acid groups (broad SMARTS) is 1. The standard InChI is InChI=1S/C15H19NO7S/c1-3-24(21,22)8-7-12(14(18)19)16-13(17)10-5-4-6-11(9-10)15(20)23-2/h4-6,9,12H,3,7-8H2,1-2H3,(H,16,17)(H,18,19). The monoisotopic (exact) mass is 357 g/mol. The van der Waals surface area contributed by atoms with Gasteiger partial charge in [-0.15, -0.1) is 0 Å². The van der Waals surface area contributed by atoms with Gasteiger partial charge in [-0.25, -0.2) is 18.0 Å². The first-order valence-electron chi connectivity index (χ1n) is 7.12. The Morgan fingerprint density at radius 1 is 1.25 bits per heavy atom. The summed E-state index contributed by atoms with van der Waals surface area (Å²) in [6.45, 7) is 1.46. The van der Waals surface area contributed by atoms with Crippen molar-refractivity contribution in [2.75, 3.05) is 18.6 Å². The number of rotatable bonds is 8. The Bertz CT molecular complexity index is 727. The molecule has 0 bridgehead atoms. The minimum Gasteiger partial charge on any atom is -0.480 e. The molecule has 0 aliphatic heterocycles. The molecule has 0 spiro atoms. The normalized spacial score (nSPS) is 12.2. The van der Waals surface area contributed by atoms with Crippen LogP contribution in [0.5, 0.6) is 0 Å². The van der Waals surface area contributed by atoms with Crippen molar-refractivity contribution < 1.29 is 32.6 Å². The molecule has 1 aromatic carbocycles. The summed E-state index contributed by atoms with van der Waals surface area (Å²) in [5.74, 6) is -3.13. The molecule has 1 rings (SSSR count). The molecule has 0 radical (unpaired) electrons. The average Bonchev–Trinajstić information content (AvgIpc) is 2.57. The van der Waals surface area contributed by atoms with Crippen LogP contribution in [-0.4, -0.2) is 56.0 Å². The van der Waals surface area contributed by atoms with E-state index in [1.165, 1.54) is 38.3 Å². The van der Waals surface area contributed by atoms with Crippen LogP contribution in [0.2, 0.25) is 0 Å². The van der Waals surface area contributed by atoms with Crippen molar-refractivity contribution in [3.05, 3.63) is 35.4 Å². The molecule has 0 saturated carbocycles. The second-order valence-electron chi connectivity index (χ2n) is 4.96. The molecule has 24 heavy (non-hydrogen) atoms. The van der Waals surface area contributed by atoms with E-state index in [1.54, 1.807) is 0 Å². The molecule has 2 N–H and O–H groups in total. The van der Waals surface area contributed by atoms with Crippen LogP contribution in [0.15, 0.2) is 24.3 Å². The second kappa shape index (κ2) is 8.44. The molecule has 0 aromatic heterocycles. The summed E-state index contributed by atoms with van der Waals surface area (Å²) in [7, 11) is -2.15. The van der Waals surface area contributed by atoms with Gasteiger partial charge in [0.2, 0.25) is 0 Å². The van der Waals surface area contributed by atoms with Crippen LogP contribution in [0.3, 0.4) is 0 Å². The number of hydrogen-bond acceptors (Lipinski definition) is 6. The molecule has 0 fully saturated rings.